The Morgan fingerprint density at radius 3 is 2.88 bits per heavy atom. The Bertz CT molecular complexity index is 284. The van der Waals surface area contributed by atoms with Crippen molar-refractivity contribution in [2.24, 2.45) is 0 Å². The molecule has 2 amide bonds. The first-order valence-electron chi connectivity index (χ1n) is 5.55. The average molecular weight is 246 g/mol. The lowest BCUT2D eigenvalue weighted by Crippen LogP contribution is -2.50. The van der Waals surface area contributed by atoms with Crippen molar-refractivity contribution < 1.29 is 24.5 Å². The molecule has 0 aliphatic carbocycles. The second kappa shape index (κ2) is 6.41. The molecule has 1 aliphatic heterocycles. The van der Waals surface area contributed by atoms with Crippen molar-refractivity contribution in [3.05, 3.63) is 0 Å². The number of nitrogens with zero attached hydrogens (tertiary/aromatic N) is 1. The van der Waals surface area contributed by atoms with Crippen molar-refractivity contribution in [2.45, 2.75) is 25.5 Å². The molecule has 1 heterocycles. The predicted molar refractivity (Wildman–Crippen MR) is 58.6 cm³/mol. The molecule has 1 aliphatic rings. The third-order valence-corrected chi connectivity index (χ3v) is 2.52. The van der Waals surface area contributed by atoms with Crippen LogP contribution in [0.15, 0.2) is 0 Å². The van der Waals surface area contributed by atoms with E-state index in [1.54, 1.807) is 0 Å². The van der Waals surface area contributed by atoms with E-state index in [-0.39, 0.29) is 6.10 Å². The molecule has 0 bridgehead atoms. The number of carboxylic acid groups (broad SMARTS) is 1. The molecule has 7 heteroatoms. The number of carbonyl (C=O) groups excluding carboxylic acids is 1. The summed E-state index contributed by atoms with van der Waals surface area (Å²) in [6, 6.07) is -1.74. The van der Waals surface area contributed by atoms with Crippen LogP contribution >= 0.6 is 0 Å². The van der Waals surface area contributed by atoms with E-state index in [9.17, 15) is 9.59 Å². The molecule has 1 fully saturated rings. The minimum Gasteiger partial charge on any atom is -0.480 e. The molecule has 0 radical (unpaired) electrons. The number of amides is 2. The van der Waals surface area contributed by atoms with Crippen molar-refractivity contribution in [1.82, 2.24) is 10.2 Å². The van der Waals surface area contributed by atoms with E-state index in [1.165, 1.54) is 4.90 Å². The van der Waals surface area contributed by atoms with E-state index in [0.29, 0.717) is 26.1 Å². The van der Waals surface area contributed by atoms with Gasteiger partial charge in [0.25, 0.3) is 0 Å². The number of aliphatic hydroxyl groups excluding tert-OH is 1. The Morgan fingerprint density at radius 1 is 1.59 bits per heavy atom. The quantitative estimate of drug-likeness (QED) is 0.608. The lowest BCUT2D eigenvalue weighted by atomic mass is 10.3. The smallest absolute Gasteiger partial charge is 0.328 e. The number of urea groups is 1. The third kappa shape index (κ3) is 4.20. The maximum atomic E-state index is 11.8. The summed E-state index contributed by atoms with van der Waals surface area (Å²) in [7, 11) is 0. The highest BCUT2D eigenvalue weighted by Gasteiger charge is 2.24. The van der Waals surface area contributed by atoms with Gasteiger partial charge in [-0.05, 0) is 13.3 Å². The topological polar surface area (TPSA) is 99.1 Å². The molecule has 17 heavy (non-hydrogen) atoms. The molecule has 1 saturated heterocycles. The number of carboxylic acids is 1. The van der Waals surface area contributed by atoms with E-state index in [4.69, 9.17) is 14.9 Å². The zero-order valence-corrected chi connectivity index (χ0v) is 9.76. The highest BCUT2D eigenvalue weighted by molar-refractivity contribution is 5.82. The third-order valence-electron chi connectivity index (χ3n) is 2.52. The predicted octanol–water partition coefficient (Wildman–Crippen LogP) is -0.748. The molecule has 7 nitrogen and oxygen atoms in total. The van der Waals surface area contributed by atoms with Gasteiger partial charge in [0.15, 0.2) is 6.04 Å². The van der Waals surface area contributed by atoms with Gasteiger partial charge in [0.05, 0.1) is 12.7 Å². The van der Waals surface area contributed by atoms with Gasteiger partial charge in [0.2, 0.25) is 0 Å². The van der Waals surface area contributed by atoms with Gasteiger partial charge >= 0.3 is 12.0 Å². The summed E-state index contributed by atoms with van der Waals surface area (Å²) in [5, 5.41) is 19.8. The van der Waals surface area contributed by atoms with Gasteiger partial charge in [0, 0.05) is 19.7 Å². The highest BCUT2D eigenvalue weighted by atomic mass is 16.5. The Labute approximate surface area is 99.4 Å². The Hall–Kier alpha value is -1.34. The van der Waals surface area contributed by atoms with Crippen LogP contribution in [0.25, 0.3) is 0 Å². The molecule has 0 spiro atoms. The monoisotopic (exact) mass is 246 g/mol. The lowest BCUT2D eigenvalue weighted by molar-refractivity contribution is -0.140. The molecule has 0 aromatic rings. The van der Waals surface area contributed by atoms with E-state index < -0.39 is 24.6 Å². The fraction of sp³-hybridized carbons (Fsp3) is 0.800. The highest BCUT2D eigenvalue weighted by Crippen LogP contribution is 2.05. The minimum atomic E-state index is -1.26. The molecule has 1 unspecified atom stereocenters. The number of rotatable bonds is 3. The molecule has 2 atom stereocenters. The van der Waals surface area contributed by atoms with E-state index in [2.05, 4.69) is 5.32 Å². The van der Waals surface area contributed by atoms with E-state index in [0.717, 1.165) is 0 Å². The fourth-order valence-corrected chi connectivity index (χ4v) is 1.60. The second-order valence-electron chi connectivity index (χ2n) is 4.00. The minimum absolute atomic E-state index is 0.0688. The maximum Gasteiger partial charge on any atom is 0.328 e. The van der Waals surface area contributed by atoms with Crippen molar-refractivity contribution in [1.29, 1.82) is 0 Å². The van der Waals surface area contributed by atoms with Crippen LogP contribution in [-0.4, -0.2) is 65.6 Å². The first-order valence-corrected chi connectivity index (χ1v) is 5.55. The molecule has 3 N–H and O–H groups in total. The number of hydrogen-bond acceptors (Lipinski definition) is 4. The van der Waals surface area contributed by atoms with Crippen molar-refractivity contribution in [3.8, 4) is 0 Å². The van der Waals surface area contributed by atoms with Crippen LogP contribution in [0.2, 0.25) is 0 Å². The van der Waals surface area contributed by atoms with E-state index >= 15 is 0 Å². The summed E-state index contributed by atoms with van der Waals surface area (Å²) in [6.45, 7) is 2.76. The molecule has 1 rings (SSSR count). The summed E-state index contributed by atoms with van der Waals surface area (Å²) >= 11 is 0. The zero-order chi connectivity index (χ0) is 12.8. The summed E-state index contributed by atoms with van der Waals surface area (Å²) in [5.41, 5.74) is 0. The molecular formula is C10H18N2O5. The van der Waals surface area contributed by atoms with Gasteiger partial charge in [-0.3, -0.25) is 0 Å². The number of ether oxygens (including phenoxy) is 1. The van der Waals surface area contributed by atoms with Crippen LogP contribution in [-0.2, 0) is 9.53 Å². The zero-order valence-electron chi connectivity index (χ0n) is 9.76. The van der Waals surface area contributed by atoms with Gasteiger partial charge in [-0.2, -0.15) is 0 Å². The summed E-state index contributed by atoms with van der Waals surface area (Å²) in [4.78, 5) is 23.9. The fourth-order valence-electron chi connectivity index (χ4n) is 1.60. The molecular weight excluding hydrogens is 228 g/mol. The first-order chi connectivity index (χ1) is 8.04. The lowest BCUT2D eigenvalue weighted by Gasteiger charge is -2.24. The summed E-state index contributed by atoms with van der Waals surface area (Å²) < 4.78 is 5.37. The number of aliphatic carboxylic acids is 1. The number of aliphatic hydroxyl groups is 1. The van der Waals surface area contributed by atoms with Crippen LogP contribution in [0.4, 0.5) is 4.79 Å². The average Bonchev–Trinajstić information content (AvgIpc) is 2.50. The van der Waals surface area contributed by atoms with Crippen LogP contribution in [0, 0.1) is 0 Å². The molecule has 0 aromatic carbocycles. The van der Waals surface area contributed by atoms with E-state index in [1.807, 2.05) is 6.92 Å². The van der Waals surface area contributed by atoms with Crippen LogP contribution in [0.1, 0.15) is 13.3 Å². The normalized spacial score (nSPS) is 22.7. The molecule has 0 saturated carbocycles. The second-order valence-corrected chi connectivity index (χ2v) is 4.00. The van der Waals surface area contributed by atoms with Gasteiger partial charge in [-0.1, -0.05) is 0 Å². The Balaban J connectivity index is 2.53. The Morgan fingerprint density at radius 2 is 2.29 bits per heavy atom. The van der Waals surface area contributed by atoms with Crippen molar-refractivity contribution in [2.75, 3.05) is 26.3 Å². The van der Waals surface area contributed by atoms with Gasteiger partial charge in [-0.25, -0.2) is 9.59 Å². The first kappa shape index (κ1) is 13.7. The summed E-state index contributed by atoms with van der Waals surface area (Å²) in [5.74, 6) is -1.25. The standard InChI is InChI=1S/C10H18N2O5/c1-7-5-12(3-2-4-17-7)10(16)11-8(6-13)9(14)15/h7-8,13H,2-6H2,1H3,(H,11,16)(H,14,15)/t7?,8-/m0/s1. The maximum absolute atomic E-state index is 11.8. The van der Waals surface area contributed by atoms with Crippen LogP contribution in [0.3, 0.4) is 0 Å². The number of hydrogen-bond donors (Lipinski definition) is 3. The number of carbonyl (C=O) groups is 2. The van der Waals surface area contributed by atoms with Crippen molar-refractivity contribution in [3.63, 3.8) is 0 Å². The van der Waals surface area contributed by atoms with Crippen LogP contribution in [0.5, 0.6) is 0 Å². The van der Waals surface area contributed by atoms with Crippen molar-refractivity contribution >= 4 is 12.0 Å². The SMILES string of the molecule is CC1CN(C(=O)N[C@@H](CO)C(=O)O)CCCO1. The van der Waals surface area contributed by atoms with Gasteiger partial charge in [-0.15, -0.1) is 0 Å². The largest absolute Gasteiger partial charge is 0.480 e. The van der Waals surface area contributed by atoms with Crippen LogP contribution < -0.4 is 5.32 Å². The Kier molecular flexibility index (Phi) is 5.17. The van der Waals surface area contributed by atoms with Gasteiger partial charge < -0.3 is 25.2 Å². The van der Waals surface area contributed by atoms with Gasteiger partial charge in [0.1, 0.15) is 0 Å². The molecule has 0 aromatic heterocycles. The number of nitrogens with one attached hydrogen (secondary N) is 1. The summed E-state index contributed by atoms with van der Waals surface area (Å²) in [6.07, 6.45) is 0.648. The molecule has 98 valence electrons.